The number of carbonyl (C=O) groups is 1. The molecule has 2 heterocycles. The number of nitrogens with zero attached hydrogens (tertiary/aromatic N) is 3. The molecular weight excluding hydrogens is 272 g/mol. The van der Waals surface area contributed by atoms with Gasteiger partial charge in [0.25, 0.3) is 5.56 Å². The van der Waals surface area contributed by atoms with Gasteiger partial charge in [-0.1, -0.05) is 0 Å². The van der Waals surface area contributed by atoms with Gasteiger partial charge >= 0.3 is 0 Å². The number of aromatic amines is 2. The molecule has 1 amide bonds. The van der Waals surface area contributed by atoms with Gasteiger partial charge in [-0.15, -0.1) is 0 Å². The van der Waals surface area contributed by atoms with Gasteiger partial charge in [-0.05, 0) is 27.2 Å². The highest BCUT2D eigenvalue weighted by Gasteiger charge is 2.13. The molecule has 0 aliphatic rings. The molecule has 0 fully saturated rings. The monoisotopic (exact) mass is 290 g/mol. The summed E-state index contributed by atoms with van der Waals surface area (Å²) in [7, 11) is 0. The lowest BCUT2D eigenvalue weighted by atomic mass is 10.1. The quantitative estimate of drug-likeness (QED) is 0.733. The molecule has 0 radical (unpaired) electrons. The lowest BCUT2D eigenvalue weighted by Gasteiger charge is -2.11. The van der Waals surface area contributed by atoms with E-state index in [1.165, 1.54) is 6.33 Å². The molecule has 112 valence electrons. The third kappa shape index (κ3) is 3.74. The zero-order valence-electron chi connectivity index (χ0n) is 12.2. The number of rotatable bonds is 5. The lowest BCUT2D eigenvalue weighted by Crippen LogP contribution is -2.28. The molecule has 0 saturated carbocycles. The van der Waals surface area contributed by atoms with E-state index in [0.717, 1.165) is 0 Å². The Bertz CT molecular complexity index is 676. The van der Waals surface area contributed by atoms with Crippen LogP contribution < -0.4 is 10.9 Å². The molecule has 8 nitrogen and oxygen atoms in total. The van der Waals surface area contributed by atoms with E-state index in [2.05, 4.69) is 30.5 Å². The molecule has 0 aromatic carbocycles. The summed E-state index contributed by atoms with van der Waals surface area (Å²) in [4.78, 5) is 34.6. The summed E-state index contributed by atoms with van der Waals surface area (Å²) in [6.07, 6.45) is 1.95. The first-order valence-electron chi connectivity index (χ1n) is 6.68. The van der Waals surface area contributed by atoms with Gasteiger partial charge in [0.2, 0.25) is 5.91 Å². The highest BCUT2D eigenvalue weighted by molar-refractivity contribution is 5.76. The van der Waals surface area contributed by atoms with Crippen molar-refractivity contribution in [2.45, 2.75) is 39.7 Å². The van der Waals surface area contributed by atoms with Crippen LogP contribution in [0, 0.1) is 13.8 Å². The first kappa shape index (κ1) is 14.9. The third-order valence-corrected chi connectivity index (χ3v) is 3.16. The molecule has 3 N–H and O–H groups in total. The van der Waals surface area contributed by atoms with Crippen molar-refractivity contribution in [3.63, 3.8) is 0 Å². The van der Waals surface area contributed by atoms with Crippen molar-refractivity contribution in [2.75, 3.05) is 0 Å². The van der Waals surface area contributed by atoms with Crippen LogP contribution in [0.1, 0.15) is 42.3 Å². The van der Waals surface area contributed by atoms with Crippen molar-refractivity contribution in [3.05, 3.63) is 39.6 Å². The van der Waals surface area contributed by atoms with Crippen LogP contribution in [0.15, 0.2) is 11.1 Å². The predicted octanol–water partition coefficient (Wildman–Crippen LogP) is 0.315. The fourth-order valence-electron chi connectivity index (χ4n) is 2.09. The van der Waals surface area contributed by atoms with E-state index < -0.39 is 0 Å². The van der Waals surface area contributed by atoms with Gasteiger partial charge in [0, 0.05) is 17.7 Å². The number of hydrogen-bond donors (Lipinski definition) is 3. The SMILES string of the molecule is Cc1nc(C)c(CCC(=O)NC(C)c2ncn[nH]2)c(=O)[nH]1. The minimum Gasteiger partial charge on any atom is -0.346 e. The Hall–Kier alpha value is -2.51. The second-order valence-corrected chi connectivity index (χ2v) is 4.88. The molecule has 2 rings (SSSR count). The Balaban J connectivity index is 1.94. The average molecular weight is 290 g/mol. The van der Waals surface area contributed by atoms with E-state index in [1.807, 2.05) is 6.92 Å². The summed E-state index contributed by atoms with van der Waals surface area (Å²) < 4.78 is 0. The molecule has 0 aliphatic carbocycles. The Morgan fingerprint density at radius 2 is 2.19 bits per heavy atom. The van der Waals surface area contributed by atoms with Crippen LogP contribution in [0.3, 0.4) is 0 Å². The Labute approximate surface area is 121 Å². The summed E-state index contributed by atoms with van der Waals surface area (Å²) >= 11 is 0. The maximum atomic E-state index is 11.9. The summed E-state index contributed by atoms with van der Waals surface area (Å²) in [6.45, 7) is 5.31. The van der Waals surface area contributed by atoms with Crippen molar-refractivity contribution in [3.8, 4) is 0 Å². The molecule has 0 saturated heterocycles. The zero-order valence-corrected chi connectivity index (χ0v) is 12.2. The lowest BCUT2D eigenvalue weighted by molar-refractivity contribution is -0.121. The van der Waals surface area contributed by atoms with Crippen molar-refractivity contribution in [2.24, 2.45) is 0 Å². The number of H-pyrrole nitrogens is 2. The number of amides is 1. The van der Waals surface area contributed by atoms with E-state index >= 15 is 0 Å². The van der Waals surface area contributed by atoms with Gasteiger partial charge in [0.1, 0.15) is 18.0 Å². The van der Waals surface area contributed by atoms with E-state index in [-0.39, 0.29) is 23.9 Å². The van der Waals surface area contributed by atoms with Gasteiger partial charge in [0.05, 0.1) is 6.04 Å². The van der Waals surface area contributed by atoms with Crippen molar-refractivity contribution < 1.29 is 4.79 Å². The number of aryl methyl sites for hydroxylation is 2. The smallest absolute Gasteiger partial charge is 0.254 e. The highest BCUT2D eigenvalue weighted by Crippen LogP contribution is 2.06. The average Bonchev–Trinajstić information content (AvgIpc) is 2.91. The second kappa shape index (κ2) is 6.29. The predicted molar refractivity (Wildman–Crippen MR) is 75.6 cm³/mol. The first-order chi connectivity index (χ1) is 9.97. The minimum atomic E-state index is -0.254. The number of hydrogen-bond acceptors (Lipinski definition) is 5. The van der Waals surface area contributed by atoms with Gasteiger partial charge in [-0.25, -0.2) is 9.97 Å². The summed E-state index contributed by atoms with van der Waals surface area (Å²) in [5, 5.41) is 9.23. The molecular formula is C13H18N6O2. The van der Waals surface area contributed by atoms with Crippen molar-refractivity contribution in [1.82, 2.24) is 30.5 Å². The van der Waals surface area contributed by atoms with E-state index in [0.29, 0.717) is 29.3 Å². The van der Waals surface area contributed by atoms with E-state index in [9.17, 15) is 9.59 Å². The maximum Gasteiger partial charge on any atom is 0.254 e. The van der Waals surface area contributed by atoms with Crippen LogP contribution in [0.5, 0.6) is 0 Å². The van der Waals surface area contributed by atoms with Crippen LogP contribution in [0.2, 0.25) is 0 Å². The molecule has 0 aliphatic heterocycles. The van der Waals surface area contributed by atoms with Crippen LogP contribution in [0.25, 0.3) is 0 Å². The van der Waals surface area contributed by atoms with E-state index in [4.69, 9.17) is 0 Å². The molecule has 2 aromatic rings. The normalized spacial score (nSPS) is 12.1. The van der Waals surface area contributed by atoms with Crippen LogP contribution in [0.4, 0.5) is 0 Å². The number of nitrogens with one attached hydrogen (secondary N) is 3. The Morgan fingerprint density at radius 3 is 2.81 bits per heavy atom. The third-order valence-electron chi connectivity index (χ3n) is 3.16. The topological polar surface area (TPSA) is 116 Å². The molecule has 1 atom stereocenters. The molecule has 0 spiro atoms. The Morgan fingerprint density at radius 1 is 1.43 bits per heavy atom. The first-order valence-corrected chi connectivity index (χ1v) is 6.68. The van der Waals surface area contributed by atoms with Gasteiger partial charge in [-0.3, -0.25) is 14.7 Å². The standard InChI is InChI=1S/C13H18N6O2/c1-7-10(13(21)18-9(3)16-7)4-5-11(20)17-8(2)12-14-6-15-19-12/h6,8H,4-5H2,1-3H3,(H,17,20)(H,14,15,19)(H,16,18,21). The molecule has 21 heavy (non-hydrogen) atoms. The molecule has 2 aromatic heterocycles. The highest BCUT2D eigenvalue weighted by atomic mass is 16.1. The minimum absolute atomic E-state index is 0.154. The molecule has 1 unspecified atom stereocenters. The van der Waals surface area contributed by atoms with Crippen LogP contribution >= 0.6 is 0 Å². The zero-order chi connectivity index (χ0) is 15.4. The number of carbonyl (C=O) groups excluding carboxylic acids is 1. The molecule has 8 heteroatoms. The van der Waals surface area contributed by atoms with Gasteiger partial charge in [-0.2, -0.15) is 5.10 Å². The van der Waals surface area contributed by atoms with Crippen LogP contribution in [-0.2, 0) is 11.2 Å². The van der Waals surface area contributed by atoms with Crippen LogP contribution in [-0.4, -0.2) is 31.1 Å². The second-order valence-electron chi connectivity index (χ2n) is 4.88. The summed E-state index contributed by atoms with van der Waals surface area (Å²) in [5.41, 5.74) is 1.02. The summed E-state index contributed by atoms with van der Waals surface area (Å²) in [6, 6.07) is -0.254. The van der Waals surface area contributed by atoms with Crippen molar-refractivity contribution in [1.29, 1.82) is 0 Å². The Kier molecular flexibility index (Phi) is 4.46. The van der Waals surface area contributed by atoms with Crippen molar-refractivity contribution >= 4 is 5.91 Å². The largest absolute Gasteiger partial charge is 0.346 e. The van der Waals surface area contributed by atoms with E-state index in [1.54, 1.807) is 13.8 Å². The number of aromatic nitrogens is 5. The maximum absolute atomic E-state index is 11.9. The summed E-state index contributed by atoms with van der Waals surface area (Å²) in [5.74, 6) is 1.01. The fraction of sp³-hybridized carbons (Fsp3) is 0.462. The fourth-order valence-corrected chi connectivity index (χ4v) is 2.09. The van der Waals surface area contributed by atoms with Gasteiger partial charge < -0.3 is 10.3 Å². The molecule has 0 bridgehead atoms. The van der Waals surface area contributed by atoms with Gasteiger partial charge in [0.15, 0.2) is 0 Å².